The Kier molecular flexibility index (Phi) is 6.28. The Hall–Kier alpha value is -2.26. The predicted molar refractivity (Wildman–Crippen MR) is 121 cm³/mol. The molecule has 1 N–H and O–H groups in total. The Bertz CT molecular complexity index is 1130. The van der Waals surface area contributed by atoms with Gasteiger partial charge in [-0.2, -0.15) is 4.39 Å². The predicted octanol–water partition coefficient (Wildman–Crippen LogP) is 5.49. The highest BCUT2D eigenvalue weighted by molar-refractivity contribution is 8.08. The fourth-order valence-corrected chi connectivity index (χ4v) is 5.59. The summed E-state index contributed by atoms with van der Waals surface area (Å²) in [5.41, 5.74) is 2.36. The van der Waals surface area contributed by atoms with Crippen LogP contribution < -0.4 is 0 Å². The number of thioether (sulfide) groups is 1. The molecule has 1 fully saturated rings. The molecule has 9 heteroatoms. The van der Waals surface area contributed by atoms with Gasteiger partial charge in [0.15, 0.2) is 12.1 Å². The molecule has 3 atom stereocenters. The first-order valence-electron chi connectivity index (χ1n) is 10.6. The molecule has 0 radical (unpaired) electrons. The monoisotopic (exact) mass is 472 g/mol. The number of halogens is 2. The lowest BCUT2D eigenvalue weighted by Crippen LogP contribution is -2.18. The van der Waals surface area contributed by atoms with Crippen LogP contribution in [0.5, 0.6) is 0 Å². The minimum absolute atomic E-state index is 0.0719. The third-order valence-corrected chi connectivity index (χ3v) is 7.41. The van der Waals surface area contributed by atoms with Gasteiger partial charge in [0, 0.05) is 23.1 Å². The number of aliphatic hydroxyl groups is 1. The van der Waals surface area contributed by atoms with Gasteiger partial charge in [-0.15, -0.1) is 16.9 Å². The van der Waals surface area contributed by atoms with Crippen LogP contribution in [0.4, 0.5) is 4.39 Å². The molecule has 32 heavy (non-hydrogen) atoms. The lowest BCUT2D eigenvalue weighted by molar-refractivity contribution is -0.0397. The number of hydrogen-bond acceptors (Lipinski definition) is 6. The molecule has 6 nitrogen and oxygen atoms in total. The number of aliphatic hydroxyl groups excluding tert-OH is 1. The molecule has 166 valence electrons. The first-order chi connectivity index (χ1) is 15.6. The minimum atomic E-state index is -0.843. The van der Waals surface area contributed by atoms with E-state index in [1.165, 1.54) is 24.0 Å². The largest absolute Gasteiger partial charge is 0.384 e. The van der Waals surface area contributed by atoms with Crippen LogP contribution in [0.2, 0.25) is 5.02 Å². The Morgan fingerprint density at radius 1 is 1.19 bits per heavy atom. The molecule has 0 aliphatic carbocycles. The van der Waals surface area contributed by atoms with Crippen molar-refractivity contribution in [3.05, 3.63) is 82.4 Å². The van der Waals surface area contributed by atoms with Gasteiger partial charge in [0.1, 0.15) is 12.4 Å². The van der Waals surface area contributed by atoms with Gasteiger partial charge in [0.2, 0.25) is 5.95 Å². The Morgan fingerprint density at radius 3 is 2.78 bits per heavy atom. The molecule has 3 unspecified atom stereocenters. The van der Waals surface area contributed by atoms with Crippen molar-refractivity contribution in [3.63, 3.8) is 0 Å². The van der Waals surface area contributed by atoms with E-state index in [1.54, 1.807) is 29.2 Å². The second-order valence-electron chi connectivity index (χ2n) is 7.90. The SMILES string of the molecule is OC(C1=C(c2ncn(C3CCCCO3)n2)SC(c2ccnc(F)c2)C1)c1ccc(Cl)cc1. The van der Waals surface area contributed by atoms with Crippen molar-refractivity contribution in [1.82, 2.24) is 19.7 Å². The number of nitrogens with zero attached hydrogens (tertiary/aromatic N) is 4. The lowest BCUT2D eigenvalue weighted by Gasteiger charge is -2.22. The highest BCUT2D eigenvalue weighted by atomic mass is 35.5. The van der Waals surface area contributed by atoms with Gasteiger partial charge in [-0.25, -0.2) is 14.6 Å². The number of ether oxygens (including phenoxy) is 1. The number of hydrogen-bond donors (Lipinski definition) is 1. The molecule has 2 aliphatic rings. The molecule has 0 bridgehead atoms. The molecule has 0 spiro atoms. The van der Waals surface area contributed by atoms with Crippen LogP contribution in [0.1, 0.15) is 60.2 Å². The molecule has 0 saturated carbocycles. The van der Waals surface area contributed by atoms with Crippen LogP contribution in [0.25, 0.3) is 4.91 Å². The summed E-state index contributed by atoms with van der Waals surface area (Å²) in [5, 5.41) is 16.4. The van der Waals surface area contributed by atoms with Crippen molar-refractivity contribution >= 4 is 28.3 Å². The van der Waals surface area contributed by atoms with E-state index >= 15 is 0 Å². The van der Waals surface area contributed by atoms with E-state index in [0.29, 0.717) is 23.9 Å². The first-order valence-corrected chi connectivity index (χ1v) is 11.8. The van der Waals surface area contributed by atoms with Gasteiger partial charge in [0.25, 0.3) is 0 Å². The molecular formula is C23H22ClFN4O2S. The maximum Gasteiger partial charge on any atom is 0.213 e. The maximum atomic E-state index is 13.8. The highest BCUT2D eigenvalue weighted by Crippen LogP contribution is 2.54. The zero-order chi connectivity index (χ0) is 22.1. The summed E-state index contributed by atoms with van der Waals surface area (Å²) in [5.74, 6) is 0.0254. The fraction of sp³-hybridized carbons (Fsp3) is 0.348. The van der Waals surface area contributed by atoms with Crippen LogP contribution in [-0.2, 0) is 4.74 Å². The number of benzene rings is 1. The summed E-state index contributed by atoms with van der Waals surface area (Å²) in [7, 11) is 0. The third-order valence-electron chi connectivity index (χ3n) is 5.76. The van der Waals surface area contributed by atoms with E-state index in [2.05, 4.69) is 15.1 Å². The summed E-state index contributed by atoms with van der Waals surface area (Å²) in [4.78, 5) is 9.00. The van der Waals surface area contributed by atoms with E-state index in [0.717, 1.165) is 40.9 Å². The second-order valence-corrected chi connectivity index (χ2v) is 9.55. The fourth-order valence-electron chi connectivity index (χ4n) is 4.08. The molecule has 5 rings (SSSR count). The van der Waals surface area contributed by atoms with Crippen LogP contribution in [-0.4, -0.2) is 31.5 Å². The highest BCUT2D eigenvalue weighted by Gasteiger charge is 2.34. The summed E-state index contributed by atoms with van der Waals surface area (Å²) in [6.45, 7) is 0.716. The molecule has 2 aromatic heterocycles. The molecule has 2 aliphatic heterocycles. The van der Waals surface area contributed by atoms with Crippen LogP contribution in [0.3, 0.4) is 0 Å². The van der Waals surface area contributed by atoms with Gasteiger partial charge in [0.05, 0.1) is 4.91 Å². The average molecular weight is 473 g/mol. The zero-order valence-corrected chi connectivity index (χ0v) is 18.8. The zero-order valence-electron chi connectivity index (χ0n) is 17.2. The van der Waals surface area contributed by atoms with E-state index in [4.69, 9.17) is 16.3 Å². The van der Waals surface area contributed by atoms with Crippen LogP contribution in [0, 0.1) is 5.95 Å². The summed E-state index contributed by atoms with van der Waals surface area (Å²) in [6, 6.07) is 10.4. The summed E-state index contributed by atoms with van der Waals surface area (Å²) < 4.78 is 21.4. The topological polar surface area (TPSA) is 73.1 Å². The quantitative estimate of drug-likeness (QED) is 0.495. The van der Waals surface area contributed by atoms with Crippen molar-refractivity contribution < 1.29 is 14.2 Å². The smallest absolute Gasteiger partial charge is 0.213 e. The summed E-state index contributed by atoms with van der Waals surface area (Å²) in [6.07, 6.45) is 5.77. The molecular weight excluding hydrogens is 451 g/mol. The van der Waals surface area contributed by atoms with E-state index in [1.807, 2.05) is 12.1 Å². The second kappa shape index (κ2) is 9.31. The lowest BCUT2D eigenvalue weighted by atomic mass is 9.95. The van der Waals surface area contributed by atoms with Gasteiger partial charge < -0.3 is 9.84 Å². The van der Waals surface area contributed by atoms with Gasteiger partial charge in [-0.3, -0.25) is 0 Å². The molecule has 1 saturated heterocycles. The Morgan fingerprint density at radius 2 is 2.03 bits per heavy atom. The maximum absolute atomic E-state index is 13.8. The first kappa shape index (κ1) is 21.6. The molecule has 0 amide bonds. The van der Waals surface area contributed by atoms with Gasteiger partial charge in [-0.1, -0.05) is 23.7 Å². The Labute approximate surface area is 194 Å². The molecule has 4 heterocycles. The number of pyridine rings is 1. The van der Waals surface area contributed by atoms with E-state index in [9.17, 15) is 9.50 Å². The number of aromatic nitrogens is 4. The number of rotatable bonds is 5. The normalized spacial score (nSPS) is 22.3. The third kappa shape index (κ3) is 4.45. The minimum Gasteiger partial charge on any atom is -0.384 e. The van der Waals surface area contributed by atoms with Crippen molar-refractivity contribution in [2.24, 2.45) is 0 Å². The summed E-state index contributed by atoms with van der Waals surface area (Å²) >= 11 is 7.56. The Balaban J connectivity index is 1.49. The van der Waals surface area contributed by atoms with Crippen molar-refractivity contribution in [2.45, 2.75) is 43.3 Å². The molecule has 1 aromatic carbocycles. The van der Waals surface area contributed by atoms with Crippen LogP contribution in [0.15, 0.2) is 54.5 Å². The van der Waals surface area contributed by atoms with Gasteiger partial charge in [-0.05, 0) is 66.6 Å². The van der Waals surface area contributed by atoms with E-state index in [-0.39, 0.29) is 11.5 Å². The average Bonchev–Trinajstić information content (AvgIpc) is 3.47. The van der Waals surface area contributed by atoms with Crippen LogP contribution >= 0.6 is 23.4 Å². The van der Waals surface area contributed by atoms with Crippen molar-refractivity contribution in [3.8, 4) is 0 Å². The van der Waals surface area contributed by atoms with Gasteiger partial charge >= 0.3 is 0 Å². The van der Waals surface area contributed by atoms with Crippen molar-refractivity contribution in [2.75, 3.05) is 6.61 Å². The standard InChI is InChI=1S/C23H22ClFN4O2S/c24-16-6-4-14(5-7-16)21(30)17-12-18(15-8-9-26-19(25)11-15)32-22(17)23-27-13-29(28-23)20-3-1-2-10-31-20/h4-9,11,13,18,20-21,30H,1-3,10,12H2. The molecule has 3 aromatic rings. The van der Waals surface area contributed by atoms with E-state index < -0.39 is 12.1 Å². The van der Waals surface area contributed by atoms with Crippen molar-refractivity contribution in [1.29, 1.82) is 0 Å².